The van der Waals surface area contributed by atoms with Crippen molar-refractivity contribution in [2.24, 2.45) is 5.41 Å². The van der Waals surface area contributed by atoms with Crippen molar-refractivity contribution in [2.75, 3.05) is 12.4 Å². The molecule has 1 aliphatic rings. The van der Waals surface area contributed by atoms with Crippen molar-refractivity contribution in [3.8, 4) is 5.75 Å². The molecule has 1 atom stereocenters. The first-order chi connectivity index (χ1) is 8.44. The monoisotopic (exact) mass is 331 g/mol. The molecular weight excluding hydrogens is 314 g/mol. The third-order valence-electron chi connectivity index (χ3n) is 3.80. The molecule has 2 rings (SSSR count). The summed E-state index contributed by atoms with van der Waals surface area (Å²) >= 11 is 9.60. The fourth-order valence-electron chi connectivity index (χ4n) is 2.66. The highest BCUT2D eigenvalue weighted by Gasteiger charge is 2.34. The van der Waals surface area contributed by atoms with Crippen molar-refractivity contribution < 1.29 is 4.74 Å². The highest BCUT2D eigenvalue weighted by molar-refractivity contribution is 9.10. The van der Waals surface area contributed by atoms with Gasteiger partial charge >= 0.3 is 0 Å². The summed E-state index contributed by atoms with van der Waals surface area (Å²) in [6.45, 7) is 4.62. The van der Waals surface area contributed by atoms with Crippen LogP contribution < -0.4 is 10.1 Å². The molecule has 0 aliphatic heterocycles. The third kappa shape index (κ3) is 2.77. The maximum Gasteiger partial charge on any atom is 0.156 e. The van der Waals surface area contributed by atoms with Crippen molar-refractivity contribution in [3.63, 3.8) is 0 Å². The first-order valence-electron chi connectivity index (χ1n) is 6.23. The minimum Gasteiger partial charge on any atom is -0.493 e. The third-order valence-corrected chi connectivity index (χ3v) is 4.61. The van der Waals surface area contributed by atoms with Gasteiger partial charge in [-0.3, -0.25) is 0 Å². The standard InChI is InChI=1S/C14H19BrClNO/c1-14(2)6-4-5-12(14)17-11-8-9(16)7-10(15)13(11)18-3/h7-8,12,17H,4-6H2,1-3H3. The number of benzene rings is 1. The Kier molecular flexibility index (Phi) is 4.12. The number of hydrogen-bond acceptors (Lipinski definition) is 2. The molecule has 0 aromatic heterocycles. The zero-order valence-corrected chi connectivity index (χ0v) is 13.4. The van der Waals surface area contributed by atoms with E-state index in [0.29, 0.717) is 16.5 Å². The SMILES string of the molecule is COc1c(Br)cc(Cl)cc1NC1CCCC1(C)C. The summed E-state index contributed by atoms with van der Waals surface area (Å²) in [7, 11) is 1.68. The van der Waals surface area contributed by atoms with E-state index in [4.69, 9.17) is 16.3 Å². The van der Waals surface area contributed by atoms with Crippen LogP contribution in [-0.2, 0) is 0 Å². The van der Waals surface area contributed by atoms with Crippen molar-refractivity contribution in [3.05, 3.63) is 21.6 Å². The molecule has 1 N–H and O–H groups in total. The number of nitrogens with one attached hydrogen (secondary N) is 1. The average molecular weight is 333 g/mol. The molecule has 1 fully saturated rings. The highest BCUT2D eigenvalue weighted by atomic mass is 79.9. The summed E-state index contributed by atoms with van der Waals surface area (Å²) in [4.78, 5) is 0. The molecule has 1 saturated carbocycles. The van der Waals surface area contributed by atoms with Gasteiger partial charge in [-0.15, -0.1) is 0 Å². The Balaban J connectivity index is 2.28. The van der Waals surface area contributed by atoms with E-state index in [1.165, 1.54) is 19.3 Å². The van der Waals surface area contributed by atoms with E-state index in [1.807, 2.05) is 12.1 Å². The summed E-state index contributed by atoms with van der Waals surface area (Å²) < 4.78 is 6.33. The van der Waals surface area contributed by atoms with Gasteiger partial charge in [0.15, 0.2) is 5.75 Å². The second kappa shape index (κ2) is 5.30. The molecule has 1 aliphatic carbocycles. The van der Waals surface area contributed by atoms with Crippen molar-refractivity contribution in [1.29, 1.82) is 0 Å². The Morgan fingerprint density at radius 3 is 2.72 bits per heavy atom. The van der Waals surface area contributed by atoms with Gasteiger partial charge in [0.1, 0.15) is 0 Å². The van der Waals surface area contributed by atoms with E-state index in [1.54, 1.807) is 7.11 Å². The minimum absolute atomic E-state index is 0.319. The van der Waals surface area contributed by atoms with Crippen LogP contribution in [0.3, 0.4) is 0 Å². The predicted octanol–water partition coefficient (Wildman–Crippen LogP) is 5.10. The lowest BCUT2D eigenvalue weighted by molar-refractivity contribution is 0.348. The van der Waals surface area contributed by atoms with Crippen LogP contribution in [0.1, 0.15) is 33.1 Å². The molecule has 18 heavy (non-hydrogen) atoms. The molecule has 1 aromatic carbocycles. The van der Waals surface area contributed by atoms with Crippen molar-refractivity contribution >= 4 is 33.2 Å². The number of methoxy groups -OCH3 is 1. The number of hydrogen-bond donors (Lipinski definition) is 1. The highest BCUT2D eigenvalue weighted by Crippen LogP contribution is 2.42. The van der Waals surface area contributed by atoms with Crippen LogP contribution in [0.4, 0.5) is 5.69 Å². The summed E-state index contributed by atoms with van der Waals surface area (Å²) in [6, 6.07) is 4.25. The molecule has 0 heterocycles. The molecule has 1 unspecified atom stereocenters. The Bertz CT molecular complexity index is 448. The molecule has 0 saturated heterocycles. The fraction of sp³-hybridized carbons (Fsp3) is 0.571. The van der Waals surface area contributed by atoms with Crippen LogP contribution in [0, 0.1) is 5.41 Å². The second-order valence-corrected chi connectivity index (χ2v) is 6.84. The Labute approximate surface area is 122 Å². The summed E-state index contributed by atoms with van der Waals surface area (Å²) in [5, 5.41) is 4.30. The van der Waals surface area contributed by atoms with Gasteiger partial charge in [-0.05, 0) is 46.3 Å². The predicted molar refractivity (Wildman–Crippen MR) is 80.7 cm³/mol. The molecule has 4 heteroatoms. The molecule has 1 aromatic rings. The molecule has 0 bridgehead atoms. The van der Waals surface area contributed by atoms with Crippen molar-refractivity contribution in [2.45, 2.75) is 39.2 Å². The molecule has 0 amide bonds. The first-order valence-corrected chi connectivity index (χ1v) is 7.41. The van der Waals surface area contributed by atoms with Gasteiger partial charge in [-0.25, -0.2) is 0 Å². The lowest BCUT2D eigenvalue weighted by Crippen LogP contribution is -2.30. The van der Waals surface area contributed by atoms with E-state index < -0.39 is 0 Å². The van der Waals surface area contributed by atoms with Gasteiger partial charge in [-0.1, -0.05) is 31.9 Å². The largest absolute Gasteiger partial charge is 0.493 e. The summed E-state index contributed by atoms with van der Waals surface area (Å²) in [5.41, 5.74) is 1.29. The van der Waals surface area contributed by atoms with Gasteiger partial charge in [0.05, 0.1) is 17.3 Å². The Hall–Kier alpha value is -0.410. The Morgan fingerprint density at radius 2 is 2.17 bits per heavy atom. The van der Waals surface area contributed by atoms with Gasteiger partial charge in [-0.2, -0.15) is 0 Å². The molecule has 0 radical (unpaired) electrons. The van der Waals surface area contributed by atoms with Crippen LogP contribution in [0.25, 0.3) is 0 Å². The van der Waals surface area contributed by atoms with Gasteiger partial charge in [0.2, 0.25) is 0 Å². The maximum absolute atomic E-state index is 6.11. The summed E-state index contributed by atoms with van der Waals surface area (Å²) in [6.07, 6.45) is 3.73. The number of anilines is 1. The minimum atomic E-state index is 0.319. The van der Waals surface area contributed by atoms with Crippen molar-refractivity contribution in [1.82, 2.24) is 0 Å². The van der Waals surface area contributed by atoms with E-state index in [0.717, 1.165) is 15.9 Å². The van der Waals surface area contributed by atoms with Crippen LogP contribution in [0.2, 0.25) is 5.02 Å². The lowest BCUT2D eigenvalue weighted by atomic mass is 9.87. The Morgan fingerprint density at radius 1 is 1.44 bits per heavy atom. The number of rotatable bonds is 3. The first kappa shape index (κ1) is 14.0. The number of halogens is 2. The smallest absolute Gasteiger partial charge is 0.156 e. The van der Waals surface area contributed by atoms with E-state index >= 15 is 0 Å². The zero-order chi connectivity index (χ0) is 13.3. The van der Waals surface area contributed by atoms with Crippen LogP contribution in [0.15, 0.2) is 16.6 Å². The quantitative estimate of drug-likeness (QED) is 0.831. The normalized spacial score (nSPS) is 21.9. The van der Waals surface area contributed by atoms with Gasteiger partial charge < -0.3 is 10.1 Å². The van der Waals surface area contributed by atoms with Crippen LogP contribution in [-0.4, -0.2) is 13.2 Å². The van der Waals surface area contributed by atoms with E-state index in [9.17, 15) is 0 Å². The number of ether oxygens (including phenoxy) is 1. The molecule has 100 valence electrons. The fourth-order valence-corrected chi connectivity index (χ4v) is 3.63. The zero-order valence-electron chi connectivity index (χ0n) is 11.0. The second-order valence-electron chi connectivity index (χ2n) is 5.55. The van der Waals surface area contributed by atoms with Crippen LogP contribution >= 0.6 is 27.5 Å². The molecule has 0 spiro atoms. The van der Waals surface area contributed by atoms with Gasteiger partial charge in [0.25, 0.3) is 0 Å². The maximum atomic E-state index is 6.11. The van der Waals surface area contributed by atoms with Crippen LogP contribution in [0.5, 0.6) is 5.75 Å². The van der Waals surface area contributed by atoms with Gasteiger partial charge in [0, 0.05) is 11.1 Å². The molecular formula is C14H19BrClNO. The molecule has 2 nitrogen and oxygen atoms in total. The lowest BCUT2D eigenvalue weighted by Gasteiger charge is -2.29. The van der Waals surface area contributed by atoms with E-state index in [-0.39, 0.29) is 0 Å². The average Bonchev–Trinajstić information content (AvgIpc) is 2.58. The summed E-state index contributed by atoms with van der Waals surface area (Å²) in [5.74, 6) is 0.821. The van der Waals surface area contributed by atoms with E-state index in [2.05, 4.69) is 35.1 Å². The topological polar surface area (TPSA) is 21.3 Å².